The SMILES string of the molecule is C=CC(=O)OCC(C)OC(=O)CCC1(C)CC(NC(=O)OCC(C)OC(=O)NC2CC(C)(C)CC(C)(CNC)C2)CC(C)(C)C1. The van der Waals surface area contributed by atoms with Gasteiger partial charge < -0.3 is 34.9 Å². The zero-order valence-electron chi connectivity index (χ0n) is 29.1. The molecule has 0 aromatic rings. The molecule has 6 atom stereocenters. The van der Waals surface area contributed by atoms with Gasteiger partial charge in [-0.15, -0.1) is 0 Å². The summed E-state index contributed by atoms with van der Waals surface area (Å²) in [6, 6.07) is -0.132. The van der Waals surface area contributed by atoms with Crippen LogP contribution >= 0.6 is 0 Å². The summed E-state index contributed by atoms with van der Waals surface area (Å²) in [5.74, 6) is -0.922. The third-order valence-electron chi connectivity index (χ3n) is 8.78. The number of carbonyl (C=O) groups excluding carboxylic acids is 4. The second kappa shape index (κ2) is 16.1. The minimum atomic E-state index is -0.613. The standard InChI is InChI=1S/C34H59N3O8/c1-11-27(38)42-18-23(2)44-28(39)12-13-33(8)16-25(14-31(4,5)20-33)36-29(40)43-19-24(3)45-30(41)37-26-15-32(6,7)21-34(9,17-26)22-35-10/h11,23-26,35H,1,12-22H2,2-10H3,(H,36,40)(H,37,41). The van der Waals surface area contributed by atoms with Gasteiger partial charge in [-0.3, -0.25) is 4.79 Å². The molecule has 3 N–H and O–H groups in total. The van der Waals surface area contributed by atoms with Crippen molar-refractivity contribution in [3.8, 4) is 0 Å². The van der Waals surface area contributed by atoms with Gasteiger partial charge in [-0.05, 0) is 87.5 Å². The van der Waals surface area contributed by atoms with Gasteiger partial charge in [-0.2, -0.15) is 0 Å². The summed E-state index contributed by atoms with van der Waals surface area (Å²) < 4.78 is 21.3. The van der Waals surface area contributed by atoms with Crippen molar-refractivity contribution in [3.05, 3.63) is 12.7 Å². The number of alkyl carbamates (subject to hydrolysis) is 2. The van der Waals surface area contributed by atoms with Crippen LogP contribution < -0.4 is 16.0 Å². The van der Waals surface area contributed by atoms with Crippen molar-refractivity contribution in [1.29, 1.82) is 0 Å². The van der Waals surface area contributed by atoms with Crippen molar-refractivity contribution in [1.82, 2.24) is 16.0 Å². The number of hydrogen-bond acceptors (Lipinski definition) is 9. The molecule has 258 valence electrons. The number of hydrogen-bond donors (Lipinski definition) is 3. The number of nitrogens with one attached hydrogen (secondary N) is 3. The first-order valence-electron chi connectivity index (χ1n) is 16.3. The fraction of sp³-hybridized carbons (Fsp3) is 0.824. The lowest BCUT2D eigenvalue weighted by atomic mass is 9.61. The Kier molecular flexibility index (Phi) is 13.8. The molecule has 45 heavy (non-hydrogen) atoms. The average Bonchev–Trinajstić information content (AvgIpc) is 2.87. The Morgan fingerprint density at radius 2 is 1.29 bits per heavy atom. The van der Waals surface area contributed by atoms with Crippen LogP contribution in [0.15, 0.2) is 12.7 Å². The molecule has 11 nitrogen and oxygen atoms in total. The molecule has 0 spiro atoms. The fourth-order valence-corrected chi connectivity index (χ4v) is 8.02. The third-order valence-corrected chi connectivity index (χ3v) is 8.78. The Bertz CT molecular complexity index is 1050. The minimum Gasteiger partial charge on any atom is -0.459 e. The first kappa shape index (κ1) is 38.4. The predicted molar refractivity (Wildman–Crippen MR) is 172 cm³/mol. The van der Waals surface area contributed by atoms with Gasteiger partial charge in [0.15, 0.2) is 0 Å². The highest BCUT2D eigenvalue weighted by Crippen LogP contribution is 2.49. The summed E-state index contributed by atoms with van der Waals surface area (Å²) in [6.45, 7) is 20.6. The van der Waals surface area contributed by atoms with Crippen molar-refractivity contribution in [2.45, 2.75) is 131 Å². The first-order chi connectivity index (χ1) is 20.8. The van der Waals surface area contributed by atoms with Crippen LogP contribution in [0, 0.1) is 21.7 Å². The fourth-order valence-electron chi connectivity index (χ4n) is 8.02. The highest BCUT2D eigenvalue weighted by Gasteiger charge is 2.43. The highest BCUT2D eigenvalue weighted by atomic mass is 16.6. The largest absolute Gasteiger partial charge is 0.459 e. The van der Waals surface area contributed by atoms with Crippen LogP contribution in [-0.2, 0) is 28.5 Å². The highest BCUT2D eigenvalue weighted by molar-refractivity contribution is 5.81. The van der Waals surface area contributed by atoms with Gasteiger partial charge in [0.25, 0.3) is 0 Å². The molecule has 2 saturated carbocycles. The second-order valence-electron chi connectivity index (χ2n) is 15.8. The Balaban J connectivity index is 1.80. The smallest absolute Gasteiger partial charge is 0.407 e. The van der Waals surface area contributed by atoms with Crippen molar-refractivity contribution in [3.63, 3.8) is 0 Å². The van der Waals surface area contributed by atoms with E-state index in [-0.39, 0.29) is 59.3 Å². The van der Waals surface area contributed by atoms with Crippen LogP contribution in [0.3, 0.4) is 0 Å². The molecule has 6 unspecified atom stereocenters. The van der Waals surface area contributed by atoms with E-state index in [1.54, 1.807) is 13.8 Å². The molecule has 2 rings (SSSR count). The van der Waals surface area contributed by atoms with E-state index in [1.807, 2.05) is 7.05 Å². The molecule has 2 amide bonds. The maximum Gasteiger partial charge on any atom is 0.407 e. The van der Waals surface area contributed by atoms with E-state index in [4.69, 9.17) is 18.9 Å². The van der Waals surface area contributed by atoms with Crippen LogP contribution in [-0.4, -0.2) is 75.2 Å². The molecular formula is C34H59N3O8. The number of rotatable bonds is 14. The summed E-state index contributed by atoms with van der Waals surface area (Å²) in [7, 11) is 1.95. The number of ether oxygens (including phenoxy) is 4. The van der Waals surface area contributed by atoms with Crippen molar-refractivity contribution in [2.24, 2.45) is 21.7 Å². The van der Waals surface area contributed by atoms with E-state index in [2.05, 4.69) is 64.1 Å². The molecule has 2 aliphatic rings. The van der Waals surface area contributed by atoms with Crippen molar-refractivity contribution in [2.75, 3.05) is 26.8 Å². The molecule has 0 bridgehead atoms. The molecule has 11 heteroatoms. The Morgan fingerprint density at radius 1 is 0.778 bits per heavy atom. The summed E-state index contributed by atoms with van der Waals surface area (Å²) >= 11 is 0. The summed E-state index contributed by atoms with van der Waals surface area (Å²) in [4.78, 5) is 49.2. The zero-order chi connectivity index (χ0) is 34.1. The van der Waals surface area contributed by atoms with Gasteiger partial charge in [0.1, 0.15) is 25.4 Å². The first-order valence-corrected chi connectivity index (χ1v) is 16.3. The molecular weight excluding hydrogens is 578 g/mol. The molecule has 0 aliphatic heterocycles. The molecule has 2 fully saturated rings. The summed E-state index contributed by atoms with van der Waals surface area (Å²) in [6.07, 6.45) is 4.79. The van der Waals surface area contributed by atoms with E-state index in [1.165, 1.54) is 0 Å². The molecule has 0 aromatic carbocycles. The molecule has 0 saturated heterocycles. The summed E-state index contributed by atoms with van der Waals surface area (Å²) in [5.41, 5.74) is -0.0883. The van der Waals surface area contributed by atoms with Crippen LogP contribution in [0.25, 0.3) is 0 Å². The quantitative estimate of drug-likeness (QED) is 0.125. The van der Waals surface area contributed by atoms with E-state index < -0.39 is 30.4 Å². The lowest BCUT2D eigenvalue weighted by Crippen LogP contribution is -2.50. The van der Waals surface area contributed by atoms with Crippen LogP contribution in [0.1, 0.15) is 107 Å². The van der Waals surface area contributed by atoms with E-state index in [9.17, 15) is 19.2 Å². The van der Waals surface area contributed by atoms with Gasteiger partial charge >= 0.3 is 24.1 Å². The Hall–Kier alpha value is -2.82. The number of esters is 2. The molecule has 2 aliphatic carbocycles. The molecule has 0 aromatic heterocycles. The predicted octanol–water partition coefficient (Wildman–Crippen LogP) is 5.66. The van der Waals surface area contributed by atoms with Gasteiger partial charge in [0.2, 0.25) is 0 Å². The van der Waals surface area contributed by atoms with Crippen molar-refractivity contribution < 1.29 is 38.1 Å². The van der Waals surface area contributed by atoms with E-state index >= 15 is 0 Å². The Morgan fingerprint density at radius 3 is 1.87 bits per heavy atom. The molecule has 0 heterocycles. The number of amides is 2. The Labute approximate surface area is 270 Å². The van der Waals surface area contributed by atoms with Crippen LogP contribution in [0.5, 0.6) is 0 Å². The zero-order valence-corrected chi connectivity index (χ0v) is 29.1. The minimum absolute atomic E-state index is 0.00673. The maximum absolute atomic E-state index is 12.8. The average molecular weight is 638 g/mol. The van der Waals surface area contributed by atoms with E-state index in [0.29, 0.717) is 12.8 Å². The molecule has 0 radical (unpaired) electrons. The number of carbonyl (C=O) groups is 4. The van der Waals surface area contributed by atoms with Gasteiger partial charge in [0.05, 0.1) is 0 Å². The van der Waals surface area contributed by atoms with E-state index in [0.717, 1.165) is 44.7 Å². The van der Waals surface area contributed by atoms with Crippen LogP contribution in [0.4, 0.5) is 9.59 Å². The van der Waals surface area contributed by atoms with Crippen LogP contribution in [0.2, 0.25) is 0 Å². The van der Waals surface area contributed by atoms with Crippen molar-refractivity contribution >= 4 is 24.1 Å². The normalized spacial score (nSPS) is 28.5. The second-order valence-corrected chi connectivity index (χ2v) is 15.8. The van der Waals surface area contributed by atoms with Gasteiger partial charge in [0, 0.05) is 31.1 Å². The monoisotopic (exact) mass is 637 g/mol. The summed E-state index contributed by atoms with van der Waals surface area (Å²) in [5, 5.41) is 9.30. The van der Waals surface area contributed by atoms with Gasteiger partial charge in [-0.1, -0.05) is 48.1 Å². The lowest BCUT2D eigenvalue weighted by Gasteiger charge is -2.47. The topological polar surface area (TPSA) is 141 Å². The lowest BCUT2D eigenvalue weighted by molar-refractivity contribution is -0.156. The third kappa shape index (κ3) is 14.0. The maximum atomic E-state index is 12.8. The van der Waals surface area contributed by atoms with Gasteiger partial charge in [-0.25, -0.2) is 14.4 Å².